The Labute approximate surface area is 188 Å². The van der Waals surface area contributed by atoms with Gasteiger partial charge in [0.1, 0.15) is 9.88 Å². The van der Waals surface area contributed by atoms with Crippen LogP contribution in [0.4, 0.5) is 10.7 Å². The van der Waals surface area contributed by atoms with Gasteiger partial charge in [0.25, 0.3) is 0 Å². The summed E-state index contributed by atoms with van der Waals surface area (Å²) < 4.78 is 10.1. The zero-order chi connectivity index (χ0) is 23.0. The van der Waals surface area contributed by atoms with E-state index in [1.807, 2.05) is 0 Å². The molecule has 0 bridgehead atoms. The maximum Gasteiger partial charge on any atom is 0.348 e. The lowest BCUT2D eigenvalue weighted by molar-refractivity contribution is -0.114. The fourth-order valence-electron chi connectivity index (χ4n) is 2.59. The molecule has 0 unspecified atom stereocenters. The molecule has 0 saturated carbocycles. The molecular formula is C21H24N2O6S2. The second-order valence-corrected chi connectivity index (χ2v) is 8.31. The molecule has 1 aromatic heterocycles. The van der Waals surface area contributed by atoms with Crippen molar-refractivity contribution in [3.63, 3.8) is 0 Å². The lowest BCUT2D eigenvalue weighted by Crippen LogP contribution is -2.16. The van der Waals surface area contributed by atoms with Crippen LogP contribution in [0.1, 0.15) is 46.4 Å². The molecule has 0 fully saturated rings. The predicted octanol–water partition coefficient (Wildman–Crippen LogP) is 4.10. The molecule has 1 aromatic carbocycles. The number of thiophene rings is 1. The van der Waals surface area contributed by atoms with E-state index in [9.17, 15) is 19.2 Å². The molecule has 0 aliphatic rings. The summed E-state index contributed by atoms with van der Waals surface area (Å²) in [5.41, 5.74) is 1.24. The highest BCUT2D eigenvalue weighted by Gasteiger charge is 2.27. The zero-order valence-electron chi connectivity index (χ0n) is 17.7. The summed E-state index contributed by atoms with van der Waals surface area (Å²) >= 11 is 2.29. The number of carbonyl (C=O) groups is 4. The molecule has 0 spiro atoms. The number of esters is 2. The highest BCUT2D eigenvalue weighted by molar-refractivity contribution is 8.00. The van der Waals surface area contributed by atoms with Crippen molar-refractivity contribution in [1.82, 2.24) is 0 Å². The highest BCUT2D eigenvalue weighted by atomic mass is 32.2. The summed E-state index contributed by atoms with van der Waals surface area (Å²) in [6, 6.07) is 7.08. The summed E-state index contributed by atoms with van der Waals surface area (Å²) in [5.74, 6) is -1.57. The van der Waals surface area contributed by atoms with Gasteiger partial charge in [-0.05, 0) is 50.6 Å². The molecule has 0 radical (unpaired) electrons. The average Bonchev–Trinajstić information content (AvgIpc) is 3.03. The second kappa shape index (κ2) is 11.5. The average molecular weight is 465 g/mol. The molecule has 8 nitrogen and oxygen atoms in total. The van der Waals surface area contributed by atoms with Crippen molar-refractivity contribution in [2.24, 2.45) is 0 Å². The number of nitrogens with one attached hydrogen (secondary N) is 2. The summed E-state index contributed by atoms with van der Waals surface area (Å²) in [4.78, 5) is 49.3. The molecule has 0 saturated heterocycles. The lowest BCUT2D eigenvalue weighted by atomic mass is 10.1. The quantitative estimate of drug-likeness (QED) is 0.425. The van der Waals surface area contributed by atoms with Crippen LogP contribution < -0.4 is 10.6 Å². The topological polar surface area (TPSA) is 111 Å². The Morgan fingerprint density at radius 3 is 2.16 bits per heavy atom. The van der Waals surface area contributed by atoms with Crippen molar-refractivity contribution in [2.75, 3.05) is 29.6 Å². The van der Waals surface area contributed by atoms with Crippen LogP contribution in [0.2, 0.25) is 0 Å². The van der Waals surface area contributed by atoms with E-state index in [1.165, 1.54) is 18.7 Å². The van der Waals surface area contributed by atoms with Gasteiger partial charge in [-0.25, -0.2) is 9.59 Å². The minimum absolute atomic E-state index is 0.0907. The van der Waals surface area contributed by atoms with Gasteiger partial charge in [0.15, 0.2) is 0 Å². The molecular weight excluding hydrogens is 440 g/mol. The Morgan fingerprint density at radius 2 is 1.58 bits per heavy atom. The van der Waals surface area contributed by atoms with Crippen LogP contribution in [0, 0.1) is 6.92 Å². The van der Waals surface area contributed by atoms with Gasteiger partial charge in [0.05, 0.1) is 24.5 Å². The third-order valence-electron chi connectivity index (χ3n) is 3.88. The minimum Gasteiger partial charge on any atom is -0.462 e. The normalized spacial score (nSPS) is 10.3. The summed E-state index contributed by atoms with van der Waals surface area (Å²) in [6.07, 6.45) is 0. The Hall–Kier alpha value is -2.85. The second-order valence-electron chi connectivity index (χ2n) is 6.24. The maximum atomic E-state index is 12.5. The predicted molar refractivity (Wildman–Crippen MR) is 121 cm³/mol. The Kier molecular flexibility index (Phi) is 9.07. The summed E-state index contributed by atoms with van der Waals surface area (Å²) in [6.45, 7) is 6.78. The van der Waals surface area contributed by atoms with Gasteiger partial charge in [0, 0.05) is 17.5 Å². The first-order valence-electron chi connectivity index (χ1n) is 9.54. The third-order valence-corrected chi connectivity index (χ3v) is 6.08. The van der Waals surface area contributed by atoms with E-state index in [4.69, 9.17) is 9.47 Å². The monoisotopic (exact) mass is 464 g/mol. The number of hydrogen-bond donors (Lipinski definition) is 2. The van der Waals surface area contributed by atoms with Crippen LogP contribution in [0.5, 0.6) is 0 Å². The van der Waals surface area contributed by atoms with Gasteiger partial charge in [-0.1, -0.05) is 0 Å². The van der Waals surface area contributed by atoms with E-state index in [1.54, 1.807) is 45.0 Å². The molecule has 2 rings (SSSR count). The fourth-order valence-corrected chi connectivity index (χ4v) is 4.39. The first-order valence-corrected chi connectivity index (χ1v) is 11.3. The van der Waals surface area contributed by atoms with Gasteiger partial charge in [0.2, 0.25) is 11.8 Å². The first-order chi connectivity index (χ1) is 14.8. The van der Waals surface area contributed by atoms with Crippen molar-refractivity contribution in [1.29, 1.82) is 0 Å². The third kappa shape index (κ3) is 6.83. The number of benzene rings is 1. The SMILES string of the molecule is CCOC(=O)c1sc(NC(=O)CSc2ccc(NC(C)=O)cc2)c(C(=O)OCC)c1C. The van der Waals surface area contributed by atoms with Crippen LogP contribution in [-0.2, 0) is 19.1 Å². The van der Waals surface area contributed by atoms with Gasteiger partial charge < -0.3 is 20.1 Å². The van der Waals surface area contributed by atoms with Gasteiger partial charge in [-0.2, -0.15) is 0 Å². The van der Waals surface area contributed by atoms with E-state index in [0.717, 1.165) is 16.2 Å². The number of hydrogen-bond acceptors (Lipinski definition) is 8. The molecule has 0 aliphatic carbocycles. The van der Waals surface area contributed by atoms with Crippen LogP contribution in [0.15, 0.2) is 29.2 Å². The van der Waals surface area contributed by atoms with Crippen molar-refractivity contribution < 1.29 is 28.7 Å². The van der Waals surface area contributed by atoms with Crippen LogP contribution >= 0.6 is 23.1 Å². The Bertz CT molecular complexity index is 969. The van der Waals surface area contributed by atoms with E-state index in [2.05, 4.69) is 10.6 Å². The molecule has 2 N–H and O–H groups in total. The largest absolute Gasteiger partial charge is 0.462 e. The number of ether oxygens (including phenoxy) is 2. The smallest absolute Gasteiger partial charge is 0.348 e. The van der Waals surface area contributed by atoms with E-state index in [-0.39, 0.29) is 46.2 Å². The molecule has 0 atom stereocenters. The van der Waals surface area contributed by atoms with Crippen molar-refractivity contribution >= 4 is 57.5 Å². The number of amides is 2. The van der Waals surface area contributed by atoms with Gasteiger partial charge in [-0.3, -0.25) is 9.59 Å². The molecule has 1 heterocycles. The van der Waals surface area contributed by atoms with Gasteiger partial charge in [-0.15, -0.1) is 23.1 Å². The number of anilines is 2. The lowest BCUT2D eigenvalue weighted by Gasteiger charge is -2.07. The van der Waals surface area contributed by atoms with Crippen molar-refractivity contribution in [3.05, 3.63) is 40.3 Å². The van der Waals surface area contributed by atoms with Crippen LogP contribution in [-0.4, -0.2) is 42.7 Å². The molecule has 10 heteroatoms. The number of rotatable bonds is 9. The van der Waals surface area contributed by atoms with Crippen LogP contribution in [0.25, 0.3) is 0 Å². The first kappa shape index (κ1) is 24.4. The maximum absolute atomic E-state index is 12.5. The standard InChI is InChI=1S/C21H24N2O6S2/c1-5-28-20(26)17-12(3)18(21(27)29-6-2)31-19(17)23-16(25)11-30-15-9-7-14(8-10-15)22-13(4)24/h7-10H,5-6,11H2,1-4H3,(H,22,24)(H,23,25). The van der Waals surface area contributed by atoms with E-state index < -0.39 is 11.9 Å². The fraction of sp³-hybridized carbons (Fsp3) is 0.333. The summed E-state index contributed by atoms with van der Waals surface area (Å²) in [5, 5.41) is 5.64. The molecule has 31 heavy (non-hydrogen) atoms. The Morgan fingerprint density at radius 1 is 0.968 bits per heavy atom. The molecule has 2 amide bonds. The number of carbonyl (C=O) groups excluding carboxylic acids is 4. The van der Waals surface area contributed by atoms with Crippen LogP contribution in [0.3, 0.4) is 0 Å². The van der Waals surface area contributed by atoms with E-state index >= 15 is 0 Å². The number of thioether (sulfide) groups is 1. The highest BCUT2D eigenvalue weighted by Crippen LogP contribution is 2.34. The molecule has 0 aliphatic heterocycles. The Balaban J connectivity index is 2.12. The van der Waals surface area contributed by atoms with Gasteiger partial charge >= 0.3 is 11.9 Å². The van der Waals surface area contributed by atoms with E-state index in [0.29, 0.717) is 11.3 Å². The van der Waals surface area contributed by atoms with Crippen molar-refractivity contribution in [2.45, 2.75) is 32.6 Å². The van der Waals surface area contributed by atoms with Crippen molar-refractivity contribution in [3.8, 4) is 0 Å². The minimum atomic E-state index is -0.608. The zero-order valence-corrected chi connectivity index (χ0v) is 19.3. The molecule has 166 valence electrons. The molecule has 2 aromatic rings. The summed E-state index contributed by atoms with van der Waals surface area (Å²) in [7, 11) is 0.